The molecule has 0 aliphatic rings. The van der Waals surface area contributed by atoms with Gasteiger partial charge >= 0.3 is 0 Å². The first kappa shape index (κ1) is 15.7. The monoisotopic (exact) mass is 355 g/mol. The Balaban J connectivity index is 2.50. The molecule has 1 atom stereocenters. The van der Waals surface area contributed by atoms with Gasteiger partial charge in [-0.05, 0) is 24.7 Å². The quantitative estimate of drug-likeness (QED) is 0.893. The molecule has 2 aromatic rings. The van der Waals surface area contributed by atoms with Gasteiger partial charge < -0.3 is 14.8 Å². The number of halogens is 2. The lowest BCUT2D eigenvalue weighted by Crippen LogP contribution is -2.21. The zero-order chi connectivity index (χ0) is 15.4. The molecule has 1 N–H and O–H groups in total. The van der Waals surface area contributed by atoms with Crippen LogP contribution >= 0.6 is 15.9 Å². The highest BCUT2D eigenvalue weighted by atomic mass is 79.9. The Hall–Kier alpha value is -1.73. The summed E-state index contributed by atoms with van der Waals surface area (Å²) in [5.41, 5.74) is 1.42. The zero-order valence-corrected chi connectivity index (χ0v) is 13.4. The van der Waals surface area contributed by atoms with Crippen molar-refractivity contribution >= 4 is 15.9 Å². The van der Waals surface area contributed by atoms with Gasteiger partial charge in [0, 0.05) is 4.47 Å². The minimum absolute atomic E-state index is 0.298. The fourth-order valence-corrected chi connectivity index (χ4v) is 2.57. The summed E-state index contributed by atoms with van der Waals surface area (Å²) in [6, 6.07) is 4.19. The summed E-state index contributed by atoms with van der Waals surface area (Å²) >= 11 is 3.37. The van der Waals surface area contributed by atoms with E-state index in [-0.39, 0.29) is 11.9 Å². The number of nitrogens with one attached hydrogen (secondary N) is 1. The molecule has 5 nitrogen and oxygen atoms in total. The van der Waals surface area contributed by atoms with Gasteiger partial charge in [-0.3, -0.25) is 0 Å². The maximum Gasteiger partial charge on any atom is 0.240 e. The molecule has 112 valence electrons. The zero-order valence-electron chi connectivity index (χ0n) is 11.9. The van der Waals surface area contributed by atoms with Crippen molar-refractivity contribution in [3.8, 4) is 11.8 Å². The van der Waals surface area contributed by atoms with Crippen LogP contribution in [0.2, 0.25) is 0 Å². The minimum atomic E-state index is -0.312. The van der Waals surface area contributed by atoms with Gasteiger partial charge in [0.05, 0.1) is 26.5 Å². The fourth-order valence-electron chi connectivity index (χ4n) is 1.99. The van der Waals surface area contributed by atoms with Crippen molar-refractivity contribution in [3.63, 3.8) is 0 Å². The molecule has 0 saturated carbocycles. The molecule has 0 aliphatic heterocycles. The topological polar surface area (TPSA) is 56.3 Å². The number of benzene rings is 1. The molecule has 1 unspecified atom stereocenters. The highest BCUT2D eigenvalue weighted by Gasteiger charge is 2.22. The van der Waals surface area contributed by atoms with Gasteiger partial charge in [-0.2, -0.15) is 4.98 Å². The van der Waals surface area contributed by atoms with Gasteiger partial charge in [-0.15, -0.1) is 0 Å². The van der Waals surface area contributed by atoms with Crippen LogP contribution in [0, 0.1) is 5.82 Å². The maximum atomic E-state index is 13.2. The first-order valence-corrected chi connectivity index (χ1v) is 6.97. The number of rotatable bonds is 5. The molecule has 0 bridgehead atoms. The molecule has 1 heterocycles. The van der Waals surface area contributed by atoms with E-state index in [2.05, 4.69) is 31.2 Å². The number of nitrogens with zero attached hydrogens (tertiary/aromatic N) is 2. The second kappa shape index (κ2) is 6.82. The van der Waals surface area contributed by atoms with Crippen LogP contribution in [-0.4, -0.2) is 31.2 Å². The third kappa shape index (κ3) is 3.30. The van der Waals surface area contributed by atoms with Crippen LogP contribution in [0.4, 0.5) is 4.39 Å². The van der Waals surface area contributed by atoms with Gasteiger partial charge in [-0.25, -0.2) is 9.37 Å². The van der Waals surface area contributed by atoms with Crippen molar-refractivity contribution in [1.82, 2.24) is 15.3 Å². The molecule has 1 aromatic heterocycles. The molecule has 21 heavy (non-hydrogen) atoms. The first-order valence-electron chi connectivity index (χ1n) is 6.17. The fraction of sp³-hybridized carbons (Fsp3) is 0.286. The van der Waals surface area contributed by atoms with E-state index in [0.717, 1.165) is 5.56 Å². The first-order chi connectivity index (χ1) is 10.1. The van der Waals surface area contributed by atoms with Crippen molar-refractivity contribution < 1.29 is 13.9 Å². The van der Waals surface area contributed by atoms with E-state index < -0.39 is 0 Å². The molecule has 0 saturated heterocycles. The Morgan fingerprint density at radius 2 is 2.05 bits per heavy atom. The number of hydrogen-bond donors (Lipinski definition) is 1. The lowest BCUT2D eigenvalue weighted by Gasteiger charge is -2.19. The maximum absolute atomic E-state index is 13.2. The largest absolute Gasteiger partial charge is 0.480 e. The van der Waals surface area contributed by atoms with Crippen LogP contribution < -0.4 is 14.8 Å². The Kier molecular flexibility index (Phi) is 5.08. The molecule has 0 fully saturated rings. The van der Waals surface area contributed by atoms with Gasteiger partial charge in [0.25, 0.3) is 0 Å². The average Bonchev–Trinajstić information content (AvgIpc) is 2.50. The lowest BCUT2D eigenvalue weighted by atomic mass is 10.0. The van der Waals surface area contributed by atoms with E-state index in [0.29, 0.717) is 21.9 Å². The van der Waals surface area contributed by atoms with Gasteiger partial charge in [0.1, 0.15) is 11.5 Å². The van der Waals surface area contributed by atoms with Crippen LogP contribution in [-0.2, 0) is 0 Å². The number of methoxy groups -OCH3 is 2. The number of ether oxygens (including phenoxy) is 2. The summed E-state index contributed by atoms with van der Waals surface area (Å²) in [5.74, 6) is 0.404. The number of aromatic nitrogens is 2. The summed E-state index contributed by atoms with van der Waals surface area (Å²) in [5, 5.41) is 3.13. The Morgan fingerprint density at radius 3 is 2.62 bits per heavy atom. The molecule has 7 heteroatoms. The van der Waals surface area contributed by atoms with E-state index in [1.807, 2.05) is 0 Å². The molecule has 0 radical (unpaired) electrons. The molecule has 0 spiro atoms. The second-order valence-electron chi connectivity index (χ2n) is 4.19. The predicted molar refractivity (Wildman–Crippen MR) is 80.1 cm³/mol. The van der Waals surface area contributed by atoms with E-state index >= 15 is 0 Å². The van der Waals surface area contributed by atoms with E-state index in [4.69, 9.17) is 9.47 Å². The molecule has 1 aromatic carbocycles. The lowest BCUT2D eigenvalue weighted by molar-refractivity contribution is 0.353. The van der Waals surface area contributed by atoms with Gasteiger partial charge in [-0.1, -0.05) is 22.0 Å². The Morgan fingerprint density at radius 1 is 1.29 bits per heavy atom. The van der Waals surface area contributed by atoms with Crippen molar-refractivity contribution in [1.29, 1.82) is 0 Å². The summed E-state index contributed by atoms with van der Waals surface area (Å²) in [7, 11) is 4.81. The van der Waals surface area contributed by atoms with Crippen LogP contribution in [0.5, 0.6) is 11.8 Å². The molecular formula is C14H15BrFN3O2. The summed E-state index contributed by atoms with van der Waals surface area (Å²) in [4.78, 5) is 8.56. The number of hydrogen-bond acceptors (Lipinski definition) is 5. The average molecular weight is 356 g/mol. The minimum Gasteiger partial charge on any atom is -0.480 e. The normalized spacial score (nSPS) is 12.0. The molecule has 0 aliphatic carbocycles. The SMILES string of the molecule is CNC(c1ccc(F)cc1Br)c1ncc(OC)nc1OC. The van der Waals surface area contributed by atoms with Crippen LogP contribution in [0.3, 0.4) is 0 Å². The van der Waals surface area contributed by atoms with Crippen molar-refractivity contribution in [2.45, 2.75) is 6.04 Å². The van der Waals surface area contributed by atoms with Crippen LogP contribution in [0.25, 0.3) is 0 Å². The highest BCUT2D eigenvalue weighted by molar-refractivity contribution is 9.10. The summed E-state index contributed by atoms with van der Waals surface area (Å²) in [6.45, 7) is 0. The van der Waals surface area contributed by atoms with E-state index in [1.165, 1.54) is 32.5 Å². The standard InChI is InChI=1S/C14H15BrFN3O2/c1-17-12(9-5-4-8(16)6-10(9)15)13-14(21-3)19-11(20-2)7-18-13/h4-7,12,17H,1-3H3. The third-order valence-electron chi connectivity index (χ3n) is 2.98. The molecular weight excluding hydrogens is 341 g/mol. The molecule has 2 rings (SSSR count). The van der Waals surface area contributed by atoms with E-state index in [1.54, 1.807) is 13.1 Å². The Bertz CT molecular complexity index is 640. The molecule has 0 amide bonds. The van der Waals surface area contributed by atoms with Crippen LogP contribution in [0.1, 0.15) is 17.3 Å². The van der Waals surface area contributed by atoms with Crippen molar-refractivity contribution in [2.24, 2.45) is 0 Å². The van der Waals surface area contributed by atoms with Gasteiger partial charge in [0.2, 0.25) is 11.8 Å². The summed E-state index contributed by atoms with van der Waals surface area (Å²) < 4.78 is 24.2. The smallest absolute Gasteiger partial charge is 0.240 e. The third-order valence-corrected chi connectivity index (χ3v) is 3.67. The Labute approximate surface area is 130 Å². The van der Waals surface area contributed by atoms with Crippen molar-refractivity contribution in [2.75, 3.05) is 21.3 Å². The van der Waals surface area contributed by atoms with E-state index in [9.17, 15) is 4.39 Å². The highest BCUT2D eigenvalue weighted by Crippen LogP contribution is 2.32. The summed E-state index contributed by atoms with van der Waals surface area (Å²) in [6.07, 6.45) is 1.51. The van der Waals surface area contributed by atoms with Crippen LogP contribution in [0.15, 0.2) is 28.9 Å². The van der Waals surface area contributed by atoms with Crippen molar-refractivity contribution in [3.05, 3.63) is 45.9 Å². The second-order valence-corrected chi connectivity index (χ2v) is 5.05. The predicted octanol–water partition coefficient (Wildman–Crippen LogP) is 2.70. The van der Waals surface area contributed by atoms with Gasteiger partial charge in [0.15, 0.2) is 0 Å².